The van der Waals surface area contributed by atoms with Gasteiger partial charge >= 0.3 is 15.8 Å². The van der Waals surface area contributed by atoms with Gasteiger partial charge in [-0.25, -0.2) is 0 Å². The van der Waals surface area contributed by atoms with E-state index in [2.05, 4.69) is 0 Å². The summed E-state index contributed by atoms with van der Waals surface area (Å²) in [5, 5.41) is 22.9. The quantitative estimate of drug-likeness (QED) is 0.378. The fourth-order valence-electron chi connectivity index (χ4n) is 3.53. The molecule has 0 spiro atoms. The van der Waals surface area contributed by atoms with Crippen molar-refractivity contribution in [1.29, 1.82) is 0 Å². The van der Waals surface area contributed by atoms with Gasteiger partial charge in [0.05, 0.1) is 15.9 Å². The number of nitro benzene ring substituents is 2. The first kappa shape index (κ1) is 20.7. The summed E-state index contributed by atoms with van der Waals surface area (Å²) >= 11 is 0. The number of nitro groups is 2. The minimum atomic E-state index is -4.35. The Morgan fingerprint density at radius 1 is 0.966 bits per heavy atom. The smallest absolute Gasteiger partial charge is 0.339 e. The molecular weight excluding hydrogens is 400 g/mol. The molecule has 1 fully saturated rings. The van der Waals surface area contributed by atoms with Gasteiger partial charge in [0, 0.05) is 11.6 Å². The van der Waals surface area contributed by atoms with Crippen molar-refractivity contribution in [2.45, 2.75) is 49.8 Å². The normalized spacial score (nSPS) is 15.1. The number of hydrogen-bond donors (Lipinski definition) is 0. The van der Waals surface area contributed by atoms with Crippen molar-refractivity contribution in [3.05, 3.63) is 67.8 Å². The van der Waals surface area contributed by atoms with Crippen LogP contribution in [-0.4, -0.2) is 18.3 Å². The fourth-order valence-corrected chi connectivity index (χ4v) is 4.50. The van der Waals surface area contributed by atoms with Crippen LogP contribution in [0.2, 0.25) is 0 Å². The average molecular weight is 420 g/mol. The van der Waals surface area contributed by atoms with Crippen molar-refractivity contribution in [3.8, 4) is 5.75 Å². The minimum absolute atomic E-state index is 0.148. The number of non-ortho nitro benzene ring substituents is 1. The Bertz CT molecular complexity index is 1040. The molecule has 3 rings (SSSR count). The van der Waals surface area contributed by atoms with Crippen molar-refractivity contribution in [2.75, 3.05) is 0 Å². The molecule has 0 radical (unpaired) electrons. The number of rotatable bonds is 6. The van der Waals surface area contributed by atoms with Gasteiger partial charge < -0.3 is 4.18 Å². The fraction of sp³-hybridized carbons (Fsp3) is 0.368. The Kier molecular flexibility index (Phi) is 5.83. The van der Waals surface area contributed by atoms with Crippen molar-refractivity contribution >= 4 is 21.5 Å². The molecule has 2 aromatic rings. The van der Waals surface area contributed by atoms with Crippen LogP contribution in [0.4, 0.5) is 11.4 Å². The Hall–Kier alpha value is -3.01. The molecule has 0 atom stereocenters. The molecule has 29 heavy (non-hydrogen) atoms. The zero-order chi connectivity index (χ0) is 21.2. The summed E-state index contributed by atoms with van der Waals surface area (Å²) in [5.74, 6) is -0.682. The molecule has 154 valence electrons. The number of nitrogens with zero attached hydrogens (tertiary/aromatic N) is 2. The summed E-state index contributed by atoms with van der Waals surface area (Å²) in [6, 6.07) is 7.81. The Balaban J connectivity index is 2.15. The van der Waals surface area contributed by atoms with Crippen LogP contribution < -0.4 is 4.18 Å². The second-order valence-electron chi connectivity index (χ2n) is 7.08. The van der Waals surface area contributed by atoms with Crippen LogP contribution in [0.5, 0.6) is 5.75 Å². The Morgan fingerprint density at radius 3 is 2.14 bits per heavy atom. The van der Waals surface area contributed by atoms with Gasteiger partial charge in [0.1, 0.15) is 4.90 Å². The Morgan fingerprint density at radius 2 is 1.59 bits per heavy atom. The highest BCUT2D eigenvalue weighted by molar-refractivity contribution is 7.87. The molecule has 0 amide bonds. The van der Waals surface area contributed by atoms with Gasteiger partial charge in [-0.15, -0.1) is 0 Å². The third kappa shape index (κ3) is 4.53. The van der Waals surface area contributed by atoms with Crippen LogP contribution in [0.3, 0.4) is 0 Å². The first-order chi connectivity index (χ1) is 13.7. The van der Waals surface area contributed by atoms with Crippen LogP contribution >= 0.6 is 0 Å². The Labute approximate surface area is 167 Å². The molecule has 1 saturated carbocycles. The predicted octanol–water partition coefficient (Wildman–Crippen LogP) is 4.63. The maximum Gasteiger partial charge on any atom is 0.339 e. The molecule has 0 unspecified atom stereocenters. The van der Waals surface area contributed by atoms with E-state index in [4.69, 9.17) is 4.18 Å². The molecule has 0 heterocycles. The maximum atomic E-state index is 12.8. The van der Waals surface area contributed by atoms with Crippen LogP contribution in [0.25, 0.3) is 0 Å². The molecule has 0 N–H and O–H groups in total. The first-order valence-electron chi connectivity index (χ1n) is 9.17. The number of benzene rings is 2. The minimum Gasteiger partial charge on any atom is -0.371 e. The van der Waals surface area contributed by atoms with Crippen molar-refractivity contribution < 1.29 is 22.4 Å². The molecule has 0 saturated heterocycles. The molecule has 0 aromatic heterocycles. The van der Waals surface area contributed by atoms with E-state index in [0.29, 0.717) is 12.8 Å². The van der Waals surface area contributed by atoms with Gasteiger partial charge in [0.2, 0.25) is 5.75 Å². The van der Waals surface area contributed by atoms with E-state index in [1.807, 2.05) is 0 Å². The summed E-state index contributed by atoms with van der Waals surface area (Å²) in [6.45, 7) is 1.79. The van der Waals surface area contributed by atoms with Gasteiger partial charge in [-0.3, -0.25) is 20.2 Å². The van der Waals surface area contributed by atoms with E-state index in [1.165, 1.54) is 18.2 Å². The van der Waals surface area contributed by atoms with Gasteiger partial charge in [-0.05, 0) is 37.8 Å². The second-order valence-corrected chi connectivity index (χ2v) is 8.63. The largest absolute Gasteiger partial charge is 0.371 e. The molecule has 10 heteroatoms. The van der Waals surface area contributed by atoms with Crippen LogP contribution in [0.15, 0.2) is 41.3 Å². The molecule has 1 aliphatic rings. The summed E-state index contributed by atoms with van der Waals surface area (Å²) in [4.78, 5) is 21.2. The topological polar surface area (TPSA) is 130 Å². The zero-order valence-corrected chi connectivity index (χ0v) is 16.6. The van der Waals surface area contributed by atoms with E-state index in [1.54, 1.807) is 19.1 Å². The molecule has 0 aliphatic heterocycles. The zero-order valence-electron chi connectivity index (χ0n) is 15.7. The molecule has 1 aliphatic carbocycles. The third-order valence-corrected chi connectivity index (χ3v) is 6.27. The van der Waals surface area contributed by atoms with Gasteiger partial charge in [0.15, 0.2) is 0 Å². The standard InChI is InChI=1S/C19H20N2O7S/c1-13-7-9-16(10-8-13)29(26,27)28-19-17(14-5-3-2-4-6-14)11-15(20(22)23)12-18(19)21(24)25/h7-12,14H,2-6H2,1H3. The average Bonchev–Trinajstić information content (AvgIpc) is 2.68. The lowest BCUT2D eigenvalue weighted by atomic mass is 9.83. The molecule has 0 bridgehead atoms. The lowest BCUT2D eigenvalue weighted by Gasteiger charge is -2.23. The second kappa shape index (κ2) is 8.16. The monoisotopic (exact) mass is 420 g/mol. The van der Waals surface area contributed by atoms with E-state index >= 15 is 0 Å². The summed E-state index contributed by atoms with van der Waals surface area (Å²) in [5.41, 5.74) is -0.151. The molecule has 9 nitrogen and oxygen atoms in total. The van der Waals surface area contributed by atoms with E-state index in [9.17, 15) is 28.6 Å². The summed E-state index contributed by atoms with van der Waals surface area (Å²) in [7, 11) is -4.35. The summed E-state index contributed by atoms with van der Waals surface area (Å²) < 4.78 is 30.8. The highest BCUT2D eigenvalue weighted by atomic mass is 32.2. The van der Waals surface area contributed by atoms with Gasteiger partial charge in [0.25, 0.3) is 5.69 Å². The van der Waals surface area contributed by atoms with Gasteiger partial charge in [-0.2, -0.15) is 8.42 Å². The summed E-state index contributed by atoms with van der Waals surface area (Å²) in [6.07, 6.45) is 4.00. The first-order valence-corrected chi connectivity index (χ1v) is 10.6. The number of hydrogen-bond acceptors (Lipinski definition) is 7. The van der Waals surface area contributed by atoms with Gasteiger partial charge in [-0.1, -0.05) is 37.0 Å². The van der Waals surface area contributed by atoms with E-state index in [0.717, 1.165) is 30.9 Å². The maximum absolute atomic E-state index is 12.8. The SMILES string of the molecule is Cc1ccc(S(=O)(=O)Oc2c(C3CCCCC3)cc([N+](=O)[O-])cc2[N+](=O)[O-])cc1. The highest BCUT2D eigenvalue weighted by Gasteiger charge is 2.33. The van der Waals surface area contributed by atoms with Crippen molar-refractivity contribution in [3.63, 3.8) is 0 Å². The third-order valence-electron chi connectivity index (χ3n) is 5.04. The van der Waals surface area contributed by atoms with Crippen molar-refractivity contribution in [2.24, 2.45) is 0 Å². The highest BCUT2D eigenvalue weighted by Crippen LogP contribution is 2.45. The van der Waals surface area contributed by atoms with Crippen LogP contribution in [-0.2, 0) is 10.1 Å². The van der Waals surface area contributed by atoms with Crippen LogP contribution in [0, 0.1) is 27.2 Å². The van der Waals surface area contributed by atoms with Crippen LogP contribution in [0.1, 0.15) is 49.1 Å². The lowest BCUT2D eigenvalue weighted by molar-refractivity contribution is -0.394. The molecule has 2 aromatic carbocycles. The molecular formula is C19H20N2O7S. The van der Waals surface area contributed by atoms with Crippen molar-refractivity contribution in [1.82, 2.24) is 0 Å². The van der Waals surface area contributed by atoms with E-state index in [-0.39, 0.29) is 16.4 Å². The predicted molar refractivity (Wildman–Crippen MR) is 105 cm³/mol. The number of aryl methyl sites for hydroxylation is 1. The lowest BCUT2D eigenvalue weighted by Crippen LogP contribution is -2.15. The van der Waals surface area contributed by atoms with E-state index < -0.39 is 37.1 Å².